The zero-order chi connectivity index (χ0) is 26.8. The summed E-state index contributed by atoms with van der Waals surface area (Å²) in [5.41, 5.74) is 2.11. The van der Waals surface area contributed by atoms with E-state index < -0.39 is 17.8 Å². The summed E-state index contributed by atoms with van der Waals surface area (Å²) in [6.45, 7) is 0.106. The number of esters is 1. The van der Waals surface area contributed by atoms with Crippen LogP contribution in [0.15, 0.2) is 64.4 Å². The molecule has 3 heterocycles. The number of ether oxygens (including phenoxy) is 2. The summed E-state index contributed by atoms with van der Waals surface area (Å²) in [6.07, 6.45) is 0.793. The van der Waals surface area contributed by atoms with Crippen molar-refractivity contribution < 1.29 is 23.9 Å². The van der Waals surface area contributed by atoms with Crippen LogP contribution in [-0.2, 0) is 25.7 Å². The highest BCUT2D eigenvalue weighted by Gasteiger charge is 2.69. The second-order valence-corrected chi connectivity index (χ2v) is 12.8. The van der Waals surface area contributed by atoms with Crippen LogP contribution in [-0.4, -0.2) is 46.6 Å². The highest BCUT2D eigenvalue weighted by molar-refractivity contribution is 8.00. The summed E-state index contributed by atoms with van der Waals surface area (Å²) in [5, 5.41) is 0.946. The molecule has 3 fully saturated rings. The number of carbonyl (C=O) groups excluding carboxylic acids is 3. The number of likely N-dealkylation sites (tertiary alicyclic amines) is 1. The number of rotatable bonds is 6. The molecule has 2 aromatic carbocycles. The molecular formula is C29H26N2O6S2. The van der Waals surface area contributed by atoms with E-state index >= 15 is 0 Å². The zero-order valence-electron chi connectivity index (χ0n) is 21.1. The maximum Gasteiger partial charge on any atom is 0.325 e. The number of benzene rings is 2. The Labute approximate surface area is 232 Å². The standard InChI is InChI=1S/C29H26N2O6S2/c1-36-19(32)12-31-27(33)22-17-11-18(23(22)28(31)34)24-21(17)20(25-26(38-24)30-29(35)39-25)15-8-5-9-16(10-15)37-13-14-6-3-2-4-7-14/h2-10,17-18,20-24H,11-13H2,1H3,(H,30,35). The Morgan fingerprint density at radius 1 is 1.03 bits per heavy atom. The quantitative estimate of drug-likeness (QED) is 0.361. The van der Waals surface area contributed by atoms with Crippen LogP contribution in [0, 0.1) is 29.6 Å². The van der Waals surface area contributed by atoms with Crippen molar-refractivity contribution in [2.45, 2.75) is 29.2 Å². The number of thioether (sulfide) groups is 1. The van der Waals surface area contributed by atoms with Crippen LogP contribution in [0.3, 0.4) is 0 Å². The monoisotopic (exact) mass is 562 g/mol. The van der Waals surface area contributed by atoms with Gasteiger partial charge >= 0.3 is 10.8 Å². The first kappa shape index (κ1) is 24.7. The number of aromatic nitrogens is 1. The van der Waals surface area contributed by atoms with Gasteiger partial charge in [-0.3, -0.25) is 24.1 Å². The maximum absolute atomic E-state index is 13.5. The summed E-state index contributed by atoms with van der Waals surface area (Å²) in [4.78, 5) is 56.3. The Kier molecular flexibility index (Phi) is 5.93. The van der Waals surface area contributed by atoms with E-state index in [-0.39, 0.29) is 52.2 Å². The van der Waals surface area contributed by atoms with E-state index in [0.717, 1.165) is 38.1 Å². The van der Waals surface area contributed by atoms with E-state index in [1.54, 1.807) is 11.8 Å². The lowest BCUT2D eigenvalue weighted by Crippen LogP contribution is -2.42. The van der Waals surface area contributed by atoms with Crippen LogP contribution in [0.25, 0.3) is 0 Å². The fourth-order valence-corrected chi connectivity index (χ4v) is 10.2. The van der Waals surface area contributed by atoms with Crippen molar-refractivity contribution in [3.05, 3.63) is 80.3 Å². The van der Waals surface area contributed by atoms with Gasteiger partial charge in [0.15, 0.2) is 0 Å². The van der Waals surface area contributed by atoms with Gasteiger partial charge in [0.2, 0.25) is 11.8 Å². The minimum Gasteiger partial charge on any atom is -0.489 e. The predicted molar refractivity (Wildman–Crippen MR) is 144 cm³/mol. The number of hydrogen-bond donors (Lipinski definition) is 1. The molecule has 1 saturated heterocycles. The fourth-order valence-electron chi connectivity index (χ4n) is 7.34. The third-order valence-electron chi connectivity index (χ3n) is 8.80. The van der Waals surface area contributed by atoms with E-state index in [0.29, 0.717) is 6.61 Å². The highest BCUT2D eigenvalue weighted by Crippen LogP contribution is 2.68. The molecule has 1 N–H and O–H groups in total. The Hall–Kier alpha value is -3.37. The number of fused-ring (bicyclic) bond motifs is 9. The van der Waals surface area contributed by atoms with E-state index in [9.17, 15) is 19.2 Å². The molecule has 7 unspecified atom stereocenters. The molecule has 39 heavy (non-hydrogen) atoms. The Bertz CT molecular complexity index is 1530. The number of thiazole rings is 1. The lowest BCUT2D eigenvalue weighted by Gasteiger charge is -2.43. The van der Waals surface area contributed by atoms with Gasteiger partial charge in [-0.25, -0.2) is 0 Å². The number of nitrogens with zero attached hydrogens (tertiary/aromatic N) is 1. The molecule has 0 radical (unpaired) electrons. The number of H-pyrrole nitrogens is 1. The first-order chi connectivity index (χ1) is 18.9. The number of methoxy groups -OCH3 is 1. The summed E-state index contributed by atoms with van der Waals surface area (Å²) in [5.74, 6) is -1.26. The lowest BCUT2D eigenvalue weighted by molar-refractivity contribution is -0.151. The number of aromatic amines is 1. The SMILES string of the molecule is COC(=O)CN1C(=O)C2C3CC(C2C1=O)C1C(c2cccc(OCc4ccccc4)c2)c2sc(=O)[nH]c2SC31. The molecule has 200 valence electrons. The van der Waals surface area contributed by atoms with Crippen LogP contribution in [0.5, 0.6) is 5.75 Å². The molecule has 2 bridgehead atoms. The molecule has 7 rings (SSSR count). The number of hydrogen-bond acceptors (Lipinski definition) is 8. The average Bonchev–Trinajstić information content (AvgIpc) is 3.68. The highest BCUT2D eigenvalue weighted by atomic mass is 32.2. The van der Waals surface area contributed by atoms with Crippen molar-refractivity contribution in [3.63, 3.8) is 0 Å². The topological polar surface area (TPSA) is 106 Å². The van der Waals surface area contributed by atoms with E-state index in [4.69, 9.17) is 9.47 Å². The first-order valence-electron chi connectivity index (χ1n) is 13.0. The maximum atomic E-state index is 13.5. The van der Waals surface area contributed by atoms with Crippen molar-refractivity contribution in [1.29, 1.82) is 0 Å². The fraction of sp³-hybridized carbons (Fsp3) is 0.379. The summed E-state index contributed by atoms with van der Waals surface area (Å²) in [6, 6.07) is 18.0. The van der Waals surface area contributed by atoms with Gasteiger partial charge in [0.1, 0.15) is 18.9 Å². The second-order valence-electron chi connectivity index (χ2n) is 10.6. The molecule has 4 aliphatic rings. The predicted octanol–water partition coefficient (Wildman–Crippen LogP) is 3.66. The van der Waals surface area contributed by atoms with Gasteiger partial charge in [-0.05, 0) is 47.4 Å². The summed E-state index contributed by atoms with van der Waals surface area (Å²) >= 11 is 2.87. The van der Waals surface area contributed by atoms with Gasteiger partial charge in [0, 0.05) is 16.0 Å². The molecule has 1 aromatic heterocycles. The van der Waals surface area contributed by atoms with Gasteiger partial charge in [-0.2, -0.15) is 0 Å². The van der Waals surface area contributed by atoms with Gasteiger partial charge in [0.25, 0.3) is 0 Å². The van der Waals surface area contributed by atoms with Crippen molar-refractivity contribution in [2.75, 3.05) is 13.7 Å². The third-order valence-corrected chi connectivity index (χ3v) is 11.4. The Balaban J connectivity index is 1.24. The van der Waals surface area contributed by atoms with Crippen LogP contribution < -0.4 is 9.61 Å². The second kappa shape index (κ2) is 9.38. The minimum atomic E-state index is -0.597. The van der Waals surface area contributed by atoms with Crippen molar-refractivity contribution in [1.82, 2.24) is 9.88 Å². The number of carbonyl (C=O) groups is 3. The molecule has 10 heteroatoms. The molecule has 2 amide bonds. The van der Waals surface area contributed by atoms with Gasteiger partial charge in [-0.1, -0.05) is 53.8 Å². The number of imide groups is 1. The van der Waals surface area contributed by atoms with Crippen LogP contribution >= 0.6 is 23.1 Å². The normalized spacial score (nSPS) is 30.2. The first-order valence-corrected chi connectivity index (χ1v) is 14.7. The number of amides is 2. The largest absolute Gasteiger partial charge is 0.489 e. The van der Waals surface area contributed by atoms with E-state index in [1.807, 2.05) is 48.5 Å². The van der Waals surface area contributed by atoms with Crippen molar-refractivity contribution in [2.24, 2.45) is 29.6 Å². The average molecular weight is 563 g/mol. The van der Waals surface area contributed by atoms with Crippen molar-refractivity contribution >= 4 is 40.9 Å². The molecule has 7 atom stereocenters. The lowest BCUT2D eigenvalue weighted by atomic mass is 9.68. The Morgan fingerprint density at radius 2 is 1.79 bits per heavy atom. The molecule has 0 spiro atoms. The molecular weight excluding hydrogens is 536 g/mol. The molecule has 2 aliphatic heterocycles. The summed E-state index contributed by atoms with van der Waals surface area (Å²) in [7, 11) is 1.25. The van der Waals surface area contributed by atoms with Gasteiger partial charge in [-0.15, -0.1) is 11.8 Å². The molecule has 2 saturated carbocycles. The van der Waals surface area contributed by atoms with Gasteiger partial charge < -0.3 is 14.5 Å². The summed E-state index contributed by atoms with van der Waals surface area (Å²) < 4.78 is 10.9. The third kappa shape index (κ3) is 3.87. The zero-order valence-corrected chi connectivity index (χ0v) is 22.7. The van der Waals surface area contributed by atoms with Gasteiger partial charge in [0.05, 0.1) is 24.0 Å². The van der Waals surface area contributed by atoms with Crippen LogP contribution in [0.1, 0.15) is 28.3 Å². The Morgan fingerprint density at radius 3 is 2.56 bits per heavy atom. The van der Waals surface area contributed by atoms with Crippen molar-refractivity contribution in [3.8, 4) is 5.75 Å². The van der Waals surface area contributed by atoms with Crippen LogP contribution in [0.2, 0.25) is 0 Å². The molecule has 8 nitrogen and oxygen atoms in total. The minimum absolute atomic E-state index is 0.00524. The molecule has 3 aromatic rings. The van der Waals surface area contributed by atoms with E-state index in [1.165, 1.54) is 18.4 Å². The van der Waals surface area contributed by atoms with Crippen LogP contribution in [0.4, 0.5) is 0 Å². The molecule has 2 aliphatic carbocycles. The van der Waals surface area contributed by atoms with E-state index in [2.05, 4.69) is 11.1 Å². The number of nitrogens with one attached hydrogen (secondary N) is 1. The smallest absolute Gasteiger partial charge is 0.325 e.